The second kappa shape index (κ2) is 8.80. The number of para-hydroxylation sites is 2. The van der Waals surface area contributed by atoms with Crippen LogP contribution in [0.15, 0.2) is 60.7 Å². The first-order valence-electron chi connectivity index (χ1n) is 9.62. The maximum Gasteiger partial charge on any atom is 0.342 e. The van der Waals surface area contributed by atoms with Crippen molar-refractivity contribution in [1.29, 1.82) is 0 Å². The van der Waals surface area contributed by atoms with Crippen LogP contribution >= 0.6 is 0 Å². The molecule has 2 aromatic rings. The van der Waals surface area contributed by atoms with Crippen molar-refractivity contribution >= 4 is 29.2 Å². The van der Waals surface area contributed by atoms with E-state index in [1.54, 1.807) is 48.5 Å². The Balaban J connectivity index is 1.98. The van der Waals surface area contributed by atoms with Gasteiger partial charge in [-0.1, -0.05) is 50.2 Å². The van der Waals surface area contributed by atoms with Gasteiger partial charge < -0.3 is 4.90 Å². The summed E-state index contributed by atoms with van der Waals surface area (Å²) in [5, 5.41) is 0. The van der Waals surface area contributed by atoms with Crippen LogP contribution in [0.25, 0.3) is 0 Å². The molecule has 0 spiro atoms. The number of urea groups is 1. The van der Waals surface area contributed by atoms with Crippen LogP contribution in [0, 0.1) is 5.92 Å². The Labute approximate surface area is 165 Å². The van der Waals surface area contributed by atoms with Crippen molar-refractivity contribution in [1.82, 2.24) is 4.90 Å². The number of anilines is 2. The summed E-state index contributed by atoms with van der Waals surface area (Å²) < 4.78 is 0. The monoisotopic (exact) mass is 379 g/mol. The molecule has 2 aromatic carbocycles. The average molecular weight is 379 g/mol. The number of hydrogen-bond acceptors (Lipinski definition) is 4. The van der Waals surface area contributed by atoms with E-state index in [1.807, 2.05) is 26.0 Å². The molecule has 0 aromatic heterocycles. The standard InChI is InChI=1S/C22H25N3O3/c1-3-23(4-2)16-15-19-20(26)24(17-11-7-5-8-12-17)22(28)25(21(19)27)18-13-9-6-10-14-18/h5-14,19H,3-4,15-16H2,1-2H3. The van der Waals surface area contributed by atoms with Crippen molar-refractivity contribution in [2.24, 2.45) is 5.92 Å². The quantitative estimate of drug-likeness (QED) is 0.691. The summed E-state index contributed by atoms with van der Waals surface area (Å²) in [4.78, 5) is 43.9. The van der Waals surface area contributed by atoms with Gasteiger partial charge in [0.05, 0.1) is 11.4 Å². The molecule has 3 rings (SSSR count). The Hall–Kier alpha value is -2.99. The molecule has 1 fully saturated rings. The summed E-state index contributed by atoms with van der Waals surface area (Å²) in [7, 11) is 0. The predicted octanol–water partition coefficient (Wildman–Crippen LogP) is 3.53. The van der Waals surface area contributed by atoms with Crippen LogP contribution in [0.1, 0.15) is 20.3 Å². The third kappa shape index (κ3) is 3.82. The van der Waals surface area contributed by atoms with E-state index in [9.17, 15) is 14.4 Å². The highest BCUT2D eigenvalue weighted by molar-refractivity contribution is 6.36. The fraction of sp³-hybridized carbons (Fsp3) is 0.318. The second-order valence-corrected chi connectivity index (χ2v) is 6.67. The Morgan fingerprint density at radius 3 is 1.57 bits per heavy atom. The molecular formula is C22H25N3O3. The van der Waals surface area contributed by atoms with E-state index in [2.05, 4.69) is 4.90 Å². The van der Waals surface area contributed by atoms with Crippen LogP contribution in [0.3, 0.4) is 0 Å². The van der Waals surface area contributed by atoms with Crippen LogP contribution < -0.4 is 9.80 Å². The minimum absolute atomic E-state index is 0.374. The van der Waals surface area contributed by atoms with Crippen LogP contribution in [0.2, 0.25) is 0 Å². The zero-order valence-corrected chi connectivity index (χ0v) is 16.2. The molecule has 1 saturated heterocycles. The Morgan fingerprint density at radius 2 is 1.18 bits per heavy atom. The summed E-state index contributed by atoms with van der Waals surface area (Å²) in [5.74, 6) is -1.81. The molecule has 146 valence electrons. The lowest BCUT2D eigenvalue weighted by Crippen LogP contribution is -2.60. The van der Waals surface area contributed by atoms with Gasteiger partial charge in [0.15, 0.2) is 0 Å². The van der Waals surface area contributed by atoms with E-state index in [-0.39, 0.29) is 0 Å². The van der Waals surface area contributed by atoms with E-state index >= 15 is 0 Å². The molecule has 0 N–H and O–H groups in total. The molecule has 0 atom stereocenters. The van der Waals surface area contributed by atoms with Gasteiger partial charge in [-0.15, -0.1) is 0 Å². The van der Waals surface area contributed by atoms with Gasteiger partial charge in [0.25, 0.3) is 0 Å². The van der Waals surface area contributed by atoms with Gasteiger partial charge in [-0.2, -0.15) is 0 Å². The van der Waals surface area contributed by atoms with Crippen LogP contribution in [-0.2, 0) is 9.59 Å². The lowest BCUT2D eigenvalue weighted by molar-refractivity contribution is -0.133. The number of imide groups is 2. The minimum Gasteiger partial charge on any atom is -0.304 e. The number of amides is 4. The third-order valence-corrected chi connectivity index (χ3v) is 5.08. The molecule has 6 nitrogen and oxygen atoms in total. The van der Waals surface area contributed by atoms with Gasteiger partial charge >= 0.3 is 6.03 Å². The number of carbonyl (C=O) groups excluding carboxylic acids is 3. The molecule has 1 aliphatic heterocycles. The van der Waals surface area contributed by atoms with Crippen LogP contribution in [0.4, 0.5) is 16.2 Å². The topological polar surface area (TPSA) is 60.9 Å². The molecule has 0 bridgehead atoms. The number of barbiturate groups is 1. The average Bonchev–Trinajstić information content (AvgIpc) is 2.72. The molecule has 0 aliphatic carbocycles. The largest absolute Gasteiger partial charge is 0.342 e. The van der Waals surface area contributed by atoms with Crippen molar-refractivity contribution in [3.8, 4) is 0 Å². The SMILES string of the molecule is CCN(CC)CCC1C(=O)N(c2ccccc2)C(=O)N(c2ccccc2)C1=O. The molecule has 28 heavy (non-hydrogen) atoms. The van der Waals surface area contributed by atoms with E-state index < -0.39 is 23.8 Å². The first-order chi connectivity index (χ1) is 13.6. The molecule has 6 heteroatoms. The van der Waals surface area contributed by atoms with Crippen molar-refractivity contribution in [2.45, 2.75) is 20.3 Å². The van der Waals surface area contributed by atoms with E-state index in [0.29, 0.717) is 24.3 Å². The smallest absolute Gasteiger partial charge is 0.304 e. The van der Waals surface area contributed by atoms with Crippen LogP contribution in [-0.4, -0.2) is 42.4 Å². The number of benzene rings is 2. The number of rotatable bonds is 7. The summed E-state index contributed by atoms with van der Waals surface area (Å²) >= 11 is 0. The number of carbonyl (C=O) groups is 3. The van der Waals surface area contributed by atoms with Crippen molar-refractivity contribution < 1.29 is 14.4 Å². The van der Waals surface area contributed by atoms with E-state index in [0.717, 1.165) is 22.9 Å². The summed E-state index contributed by atoms with van der Waals surface area (Å²) in [6.45, 7) is 6.40. The van der Waals surface area contributed by atoms with E-state index in [4.69, 9.17) is 0 Å². The molecule has 0 radical (unpaired) electrons. The van der Waals surface area contributed by atoms with Gasteiger partial charge in [0.2, 0.25) is 11.8 Å². The molecule has 0 unspecified atom stereocenters. The highest BCUT2D eigenvalue weighted by atomic mass is 16.2. The second-order valence-electron chi connectivity index (χ2n) is 6.67. The van der Waals surface area contributed by atoms with E-state index in [1.165, 1.54) is 0 Å². The lowest BCUT2D eigenvalue weighted by atomic mass is 9.98. The fourth-order valence-electron chi connectivity index (χ4n) is 3.43. The Bertz CT molecular complexity index is 773. The maximum atomic E-state index is 13.2. The van der Waals surface area contributed by atoms with Crippen LogP contribution in [0.5, 0.6) is 0 Å². The zero-order chi connectivity index (χ0) is 20.1. The third-order valence-electron chi connectivity index (χ3n) is 5.08. The van der Waals surface area contributed by atoms with Gasteiger partial charge in [-0.3, -0.25) is 9.59 Å². The Morgan fingerprint density at radius 1 is 0.750 bits per heavy atom. The minimum atomic E-state index is -0.890. The molecule has 4 amide bonds. The number of hydrogen-bond donors (Lipinski definition) is 0. The molecule has 1 aliphatic rings. The van der Waals surface area contributed by atoms with Gasteiger partial charge in [-0.25, -0.2) is 14.6 Å². The Kier molecular flexibility index (Phi) is 6.21. The van der Waals surface area contributed by atoms with Gasteiger partial charge in [0, 0.05) is 0 Å². The summed E-state index contributed by atoms with van der Waals surface area (Å²) in [5.41, 5.74) is 0.942. The first kappa shape index (κ1) is 19.8. The predicted molar refractivity (Wildman–Crippen MR) is 109 cm³/mol. The normalized spacial score (nSPS) is 15.6. The molecule has 1 heterocycles. The zero-order valence-electron chi connectivity index (χ0n) is 16.2. The highest BCUT2D eigenvalue weighted by Gasteiger charge is 2.46. The molecule has 0 saturated carbocycles. The summed E-state index contributed by atoms with van der Waals surface area (Å²) in [6, 6.07) is 16.9. The van der Waals surface area contributed by atoms with Gasteiger partial charge in [0.1, 0.15) is 5.92 Å². The van der Waals surface area contributed by atoms with Crippen molar-refractivity contribution in [2.75, 3.05) is 29.4 Å². The molecular weight excluding hydrogens is 354 g/mol. The number of nitrogens with zero attached hydrogens (tertiary/aromatic N) is 3. The van der Waals surface area contributed by atoms with Crippen molar-refractivity contribution in [3.05, 3.63) is 60.7 Å². The first-order valence-corrected chi connectivity index (χ1v) is 9.62. The van der Waals surface area contributed by atoms with Gasteiger partial charge in [-0.05, 0) is 50.3 Å². The van der Waals surface area contributed by atoms with Crippen molar-refractivity contribution in [3.63, 3.8) is 0 Å². The lowest BCUT2D eigenvalue weighted by Gasteiger charge is -2.37. The highest BCUT2D eigenvalue weighted by Crippen LogP contribution is 2.30. The fourth-order valence-corrected chi connectivity index (χ4v) is 3.43. The maximum absolute atomic E-state index is 13.2. The summed E-state index contributed by atoms with van der Waals surface area (Å²) in [6.07, 6.45) is 0.374.